The van der Waals surface area contributed by atoms with Crippen LogP contribution in [0.25, 0.3) is 11.5 Å². The fourth-order valence-electron chi connectivity index (χ4n) is 1.65. The van der Waals surface area contributed by atoms with Crippen LogP contribution in [0.5, 0.6) is 5.75 Å². The molecule has 0 aliphatic rings. The number of furan rings is 1. The lowest BCUT2D eigenvalue weighted by molar-refractivity contribution is 0.411. The summed E-state index contributed by atoms with van der Waals surface area (Å²) in [6.07, 6.45) is 1.73. The van der Waals surface area contributed by atoms with E-state index in [1.165, 1.54) is 0 Å². The molecule has 2 aromatic heterocycles. The van der Waals surface area contributed by atoms with Crippen LogP contribution in [0.15, 0.2) is 34.9 Å². The average Bonchev–Trinajstić information content (AvgIpc) is 2.85. The van der Waals surface area contributed by atoms with Gasteiger partial charge in [-0.2, -0.15) is 0 Å². The summed E-state index contributed by atoms with van der Waals surface area (Å²) in [6.45, 7) is 4.92. The van der Waals surface area contributed by atoms with Crippen molar-refractivity contribution in [2.45, 2.75) is 26.4 Å². The Morgan fingerprint density at radius 2 is 2.17 bits per heavy atom. The molecule has 0 atom stereocenters. The van der Waals surface area contributed by atoms with Gasteiger partial charge in [0.2, 0.25) is 0 Å². The van der Waals surface area contributed by atoms with Crippen molar-refractivity contribution in [1.29, 1.82) is 0 Å². The predicted molar refractivity (Wildman–Crippen MR) is 70.5 cm³/mol. The van der Waals surface area contributed by atoms with E-state index in [-0.39, 0.29) is 0 Å². The molecule has 0 spiro atoms. The molecule has 0 radical (unpaired) electrons. The van der Waals surface area contributed by atoms with Crippen molar-refractivity contribution < 1.29 is 9.15 Å². The van der Waals surface area contributed by atoms with Gasteiger partial charge in [-0.25, -0.2) is 4.98 Å². The van der Waals surface area contributed by atoms with Crippen molar-refractivity contribution in [2.24, 2.45) is 0 Å². The number of ether oxygens (including phenoxy) is 1. The molecule has 2 rings (SSSR count). The average molecular weight is 246 g/mol. The van der Waals surface area contributed by atoms with E-state index in [2.05, 4.69) is 24.1 Å². The van der Waals surface area contributed by atoms with Crippen LogP contribution < -0.4 is 10.1 Å². The second kappa shape index (κ2) is 5.69. The Kier molecular flexibility index (Phi) is 3.99. The van der Waals surface area contributed by atoms with Crippen molar-refractivity contribution in [3.05, 3.63) is 36.2 Å². The van der Waals surface area contributed by atoms with Gasteiger partial charge in [0.25, 0.3) is 0 Å². The maximum absolute atomic E-state index is 5.76. The van der Waals surface area contributed by atoms with Gasteiger partial charge in [-0.05, 0) is 24.3 Å². The van der Waals surface area contributed by atoms with Gasteiger partial charge in [-0.15, -0.1) is 0 Å². The number of nitrogens with one attached hydrogen (secondary N) is 1. The van der Waals surface area contributed by atoms with Crippen LogP contribution in [-0.4, -0.2) is 18.1 Å². The molecule has 0 aromatic carbocycles. The van der Waals surface area contributed by atoms with Crippen molar-refractivity contribution in [3.63, 3.8) is 0 Å². The lowest BCUT2D eigenvalue weighted by atomic mass is 10.2. The first kappa shape index (κ1) is 12.6. The molecule has 2 heterocycles. The van der Waals surface area contributed by atoms with Gasteiger partial charge in [0.15, 0.2) is 5.76 Å². The Morgan fingerprint density at radius 3 is 2.89 bits per heavy atom. The SMILES string of the molecule is COc1cccnc1-c1ccc(CNC(C)C)o1. The summed E-state index contributed by atoms with van der Waals surface area (Å²) in [4.78, 5) is 4.29. The molecule has 0 saturated carbocycles. The fourth-order valence-corrected chi connectivity index (χ4v) is 1.65. The van der Waals surface area contributed by atoms with Gasteiger partial charge >= 0.3 is 0 Å². The monoisotopic (exact) mass is 246 g/mol. The molecule has 4 nitrogen and oxygen atoms in total. The van der Waals surface area contributed by atoms with Gasteiger partial charge in [0.05, 0.1) is 13.7 Å². The van der Waals surface area contributed by atoms with Crippen LogP contribution >= 0.6 is 0 Å². The molecule has 1 N–H and O–H groups in total. The van der Waals surface area contributed by atoms with E-state index in [4.69, 9.17) is 9.15 Å². The smallest absolute Gasteiger partial charge is 0.156 e. The summed E-state index contributed by atoms with van der Waals surface area (Å²) < 4.78 is 11.0. The predicted octanol–water partition coefficient (Wildman–Crippen LogP) is 2.85. The van der Waals surface area contributed by atoms with Crippen LogP contribution in [0, 0.1) is 0 Å². The Hall–Kier alpha value is -1.81. The van der Waals surface area contributed by atoms with Gasteiger partial charge < -0.3 is 14.5 Å². The largest absolute Gasteiger partial charge is 0.494 e. The van der Waals surface area contributed by atoms with Crippen LogP contribution in [0.4, 0.5) is 0 Å². The topological polar surface area (TPSA) is 47.3 Å². The summed E-state index contributed by atoms with van der Waals surface area (Å²) >= 11 is 0. The van der Waals surface area contributed by atoms with Crippen LogP contribution in [0.1, 0.15) is 19.6 Å². The van der Waals surface area contributed by atoms with Crippen molar-refractivity contribution in [1.82, 2.24) is 10.3 Å². The number of nitrogens with zero attached hydrogens (tertiary/aromatic N) is 1. The number of pyridine rings is 1. The standard InChI is InChI=1S/C14H18N2O2/c1-10(2)16-9-11-6-7-13(18-11)14-12(17-3)5-4-8-15-14/h4-8,10,16H,9H2,1-3H3. The normalized spacial score (nSPS) is 10.9. The molecular formula is C14H18N2O2. The zero-order chi connectivity index (χ0) is 13.0. The van der Waals surface area contributed by atoms with E-state index in [9.17, 15) is 0 Å². The quantitative estimate of drug-likeness (QED) is 0.881. The Labute approximate surface area is 107 Å². The lowest BCUT2D eigenvalue weighted by Gasteiger charge is -2.06. The molecule has 0 saturated heterocycles. The highest BCUT2D eigenvalue weighted by Gasteiger charge is 2.11. The number of rotatable bonds is 5. The third kappa shape index (κ3) is 2.90. The maximum atomic E-state index is 5.76. The van der Waals surface area contributed by atoms with Crippen LogP contribution in [0.2, 0.25) is 0 Å². The van der Waals surface area contributed by atoms with E-state index >= 15 is 0 Å². The molecular weight excluding hydrogens is 228 g/mol. The Balaban J connectivity index is 2.18. The van der Waals surface area contributed by atoms with E-state index in [1.807, 2.05) is 24.3 Å². The molecule has 4 heteroatoms. The minimum atomic E-state index is 0.433. The summed E-state index contributed by atoms with van der Waals surface area (Å²) in [5, 5.41) is 3.31. The molecule has 0 unspecified atom stereocenters. The van der Waals surface area contributed by atoms with E-state index in [0.29, 0.717) is 12.6 Å². The summed E-state index contributed by atoms with van der Waals surface area (Å²) in [6, 6.07) is 8.02. The van der Waals surface area contributed by atoms with E-state index < -0.39 is 0 Å². The highest BCUT2D eigenvalue weighted by Crippen LogP contribution is 2.28. The van der Waals surface area contributed by atoms with E-state index in [0.717, 1.165) is 23.0 Å². The molecule has 96 valence electrons. The molecule has 0 bridgehead atoms. The first-order valence-electron chi connectivity index (χ1n) is 6.02. The molecule has 0 aliphatic heterocycles. The molecule has 2 aromatic rings. The van der Waals surface area contributed by atoms with Crippen molar-refractivity contribution in [2.75, 3.05) is 7.11 Å². The number of methoxy groups -OCH3 is 1. The van der Waals surface area contributed by atoms with Gasteiger partial charge in [-0.3, -0.25) is 0 Å². The Morgan fingerprint density at radius 1 is 1.33 bits per heavy atom. The van der Waals surface area contributed by atoms with E-state index in [1.54, 1.807) is 13.3 Å². The molecule has 18 heavy (non-hydrogen) atoms. The van der Waals surface area contributed by atoms with Crippen molar-refractivity contribution >= 4 is 0 Å². The number of hydrogen-bond acceptors (Lipinski definition) is 4. The summed E-state index contributed by atoms with van der Waals surface area (Å²) in [5.74, 6) is 2.34. The lowest BCUT2D eigenvalue weighted by Crippen LogP contribution is -2.21. The second-order valence-electron chi connectivity index (χ2n) is 4.36. The highest BCUT2D eigenvalue weighted by molar-refractivity contribution is 5.60. The van der Waals surface area contributed by atoms with Crippen LogP contribution in [0.3, 0.4) is 0 Å². The van der Waals surface area contributed by atoms with Crippen molar-refractivity contribution in [3.8, 4) is 17.2 Å². The first-order valence-corrected chi connectivity index (χ1v) is 6.02. The van der Waals surface area contributed by atoms with Gasteiger partial charge in [-0.1, -0.05) is 13.8 Å². The number of aromatic nitrogens is 1. The number of hydrogen-bond donors (Lipinski definition) is 1. The zero-order valence-corrected chi connectivity index (χ0v) is 10.9. The highest BCUT2D eigenvalue weighted by atomic mass is 16.5. The molecule has 0 aliphatic carbocycles. The third-order valence-corrected chi connectivity index (χ3v) is 2.57. The van der Waals surface area contributed by atoms with Gasteiger partial charge in [0.1, 0.15) is 17.2 Å². The molecule has 0 fully saturated rings. The van der Waals surface area contributed by atoms with Gasteiger partial charge in [0, 0.05) is 12.2 Å². The van der Waals surface area contributed by atoms with Crippen LogP contribution in [-0.2, 0) is 6.54 Å². The third-order valence-electron chi connectivity index (χ3n) is 2.57. The fraction of sp³-hybridized carbons (Fsp3) is 0.357. The zero-order valence-electron chi connectivity index (χ0n) is 10.9. The first-order chi connectivity index (χ1) is 8.70. The summed E-state index contributed by atoms with van der Waals surface area (Å²) in [7, 11) is 1.63. The minimum Gasteiger partial charge on any atom is -0.494 e. The summed E-state index contributed by atoms with van der Waals surface area (Å²) in [5.41, 5.74) is 0.732. The maximum Gasteiger partial charge on any atom is 0.156 e. The Bertz CT molecular complexity index is 506. The minimum absolute atomic E-state index is 0.433. The molecule has 0 amide bonds. The second-order valence-corrected chi connectivity index (χ2v) is 4.36.